The van der Waals surface area contributed by atoms with Gasteiger partial charge >= 0.3 is 0 Å². The molecule has 4 aliphatic carbocycles. The van der Waals surface area contributed by atoms with Crippen LogP contribution in [0.5, 0.6) is 5.75 Å². The van der Waals surface area contributed by atoms with E-state index in [1.165, 1.54) is 51.4 Å². The largest absolute Gasteiger partial charge is 0.493 e. The molecule has 8 unspecified atom stereocenters. The zero-order valence-corrected chi connectivity index (χ0v) is 22.5. The number of carbonyl (C=O) groups is 1. The van der Waals surface area contributed by atoms with E-state index in [0.717, 1.165) is 42.4 Å². The molecule has 8 atom stereocenters. The third kappa shape index (κ3) is 4.24. The van der Waals surface area contributed by atoms with Crippen molar-refractivity contribution in [3.05, 3.63) is 12.4 Å². The highest BCUT2D eigenvalue weighted by atomic mass is 16.5. The van der Waals surface area contributed by atoms with Gasteiger partial charge in [-0.25, -0.2) is 0 Å². The molecule has 34 heavy (non-hydrogen) atoms. The van der Waals surface area contributed by atoms with Gasteiger partial charge in [0, 0.05) is 13.0 Å². The van der Waals surface area contributed by atoms with Crippen molar-refractivity contribution in [3.8, 4) is 5.75 Å². The van der Waals surface area contributed by atoms with Crippen molar-refractivity contribution in [2.45, 2.75) is 92.0 Å². The summed E-state index contributed by atoms with van der Waals surface area (Å²) in [5.74, 6) is 5.21. The molecule has 1 heterocycles. The maximum Gasteiger partial charge on any atom is 0.157 e. The Hall–Kier alpha value is -1.36. The first-order chi connectivity index (χ1) is 16.4. The summed E-state index contributed by atoms with van der Waals surface area (Å²) in [6.45, 7) is 10.2. The molecule has 5 rings (SSSR count). The lowest BCUT2D eigenvalue weighted by atomic mass is 9.44. The molecular weight excluding hydrogens is 424 g/mol. The predicted octanol–water partition coefficient (Wildman–Crippen LogP) is 6.41. The van der Waals surface area contributed by atoms with Crippen LogP contribution in [-0.2, 0) is 16.1 Å². The van der Waals surface area contributed by atoms with Gasteiger partial charge in [-0.3, -0.25) is 9.48 Å². The molecule has 0 amide bonds. The highest BCUT2D eigenvalue weighted by Crippen LogP contribution is 2.68. The van der Waals surface area contributed by atoms with E-state index in [4.69, 9.17) is 9.47 Å². The van der Waals surface area contributed by atoms with Crippen LogP contribution >= 0.6 is 0 Å². The summed E-state index contributed by atoms with van der Waals surface area (Å²) in [6.07, 6.45) is 15.1. The third-order valence-electron chi connectivity index (χ3n) is 10.6. The lowest BCUT2D eigenvalue weighted by Gasteiger charge is -2.61. The minimum Gasteiger partial charge on any atom is -0.493 e. The van der Waals surface area contributed by atoms with E-state index in [0.29, 0.717) is 23.7 Å². The van der Waals surface area contributed by atoms with Gasteiger partial charge in [0.05, 0.1) is 32.7 Å². The van der Waals surface area contributed by atoms with Gasteiger partial charge in [0.15, 0.2) is 11.5 Å². The number of methoxy groups -OCH3 is 2. The first-order valence-electron chi connectivity index (χ1n) is 14.0. The zero-order valence-electron chi connectivity index (χ0n) is 22.5. The van der Waals surface area contributed by atoms with Gasteiger partial charge in [-0.1, -0.05) is 34.1 Å². The van der Waals surface area contributed by atoms with Crippen LogP contribution < -0.4 is 4.74 Å². The molecule has 5 nitrogen and oxygen atoms in total. The summed E-state index contributed by atoms with van der Waals surface area (Å²) in [4.78, 5) is 13.4. The maximum atomic E-state index is 13.4. The Morgan fingerprint density at radius 2 is 1.88 bits per heavy atom. The molecule has 1 aromatic heterocycles. The summed E-state index contributed by atoms with van der Waals surface area (Å²) in [5, 5.41) is 4.33. The molecule has 4 fully saturated rings. The average molecular weight is 473 g/mol. The predicted molar refractivity (Wildman–Crippen MR) is 136 cm³/mol. The number of nitrogens with zero attached hydrogens (tertiary/aromatic N) is 2. The van der Waals surface area contributed by atoms with Crippen molar-refractivity contribution >= 4 is 5.78 Å². The standard InChI is InChI=1S/C27H42N2O3.C2H6/c1-18-9-12-27(17-31-3)19(13-18)5-6-21-22-7-8-24(26(22,2)11-10-23(21)27)25(30)16-29-15-20(32-4)14-28-29;1-2/h14-15,18-19,21-24H,5-13,16-17H2,1-4H3;1-2H3. The monoisotopic (exact) mass is 472 g/mol. The number of fused-ring (bicyclic) bond motifs is 5. The Balaban J connectivity index is 0.00000133. The van der Waals surface area contributed by atoms with E-state index in [1.807, 2.05) is 27.2 Å². The van der Waals surface area contributed by atoms with Crippen LogP contribution in [0.4, 0.5) is 0 Å². The summed E-state index contributed by atoms with van der Waals surface area (Å²) >= 11 is 0. The van der Waals surface area contributed by atoms with Gasteiger partial charge in [0.2, 0.25) is 0 Å². The summed E-state index contributed by atoms with van der Waals surface area (Å²) in [7, 11) is 3.55. The van der Waals surface area contributed by atoms with Crippen molar-refractivity contribution < 1.29 is 14.3 Å². The summed E-state index contributed by atoms with van der Waals surface area (Å²) < 4.78 is 12.9. The molecule has 4 aliphatic rings. The van der Waals surface area contributed by atoms with E-state index < -0.39 is 0 Å². The number of carbonyl (C=O) groups excluding carboxylic acids is 1. The Labute approximate surface area is 207 Å². The van der Waals surface area contributed by atoms with Crippen LogP contribution in [0.25, 0.3) is 0 Å². The topological polar surface area (TPSA) is 53.4 Å². The third-order valence-corrected chi connectivity index (χ3v) is 10.6. The minimum absolute atomic E-state index is 0.151. The second-order valence-corrected chi connectivity index (χ2v) is 11.9. The fourth-order valence-corrected chi connectivity index (χ4v) is 9.15. The van der Waals surface area contributed by atoms with Crippen molar-refractivity contribution in [2.75, 3.05) is 20.8 Å². The maximum absolute atomic E-state index is 13.4. The smallest absolute Gasteiger partial charge is 0.157 e. The Kier molecular flexibility index (Phi) is 7.81. The molecule has 192 valence electrons. The van der Waals surface area contributed by atoms with Crippen LogP contribution in [0.3, 0.4) is 0 Å². The summed E-state index contributed by atoms with van der Waals surface area (Å²) in [5.41, 5.74) is 0.539. The SMILES string of the molecule is CC.COCC12CCC(C)CC1CCC1C3CCC(C(=O)Cn4cc(OC)cn4)C3(C)CCC12. The van der Waals surface area contributed by atoms with Crippen LogP contribution in [0, 0.1) is 46.3 Å². The van der Waals surface area contributed by atoms with Crippen molar-refractivity contribution in [1.29, 1.82) is 0 Å². The Morgan fingerprint density at radius 3 is 2.59 bits per heavy atom. The Morgan fingerprint density at radius 1 is 1.09 bits per heavy atom. The number of ether oxygens (including phenoxy) is 2. The quantitative estimate of drug-likeness (QED) is 0.480. The average Bonchev–Trinajstić information content (AvgIpc) is 3.44. The first kappa shape index (κ1) is 25.7. The first-order valence-corrected chi connectivity index (χ1v) is 14.0. The molecule has 0 spiro atoms. The van der Waals surface area contributed by atoms with Gasteiger partial charge in [0.1, 0.15) is 0 Å². The van der Waals surface area contributed by atoms with E-state index in [2.05, 4.69) is 18.9 Å². The van der Waals surface area contributed by atoms with Gasteiger partial charge in [-0.2, -0.15) is 5.10 Å². The van der Waals surface area contributed by atoms with Crippen molar-refractivity contribution in [3.63, 3.8) is 0 Å². The zero-order chi connectivity index (χ0) is 24.5. The molecule has 0 bridgehead atoms. The lowest BCUT2D eigenvalue weighted by Crippen LogP contribution is -2.56. The molecule has 0 saturated heterocycles. The molecule has 1 aromatic rings. The molecular formula is C29H48N2O3. The molecule has 0 radical (unpaired) electrons. The number of rotatable bonds is 6. The molecule has 0 aliphatic heterocycles. The van der Waals surface area contributed by atoms with Gasteiger partial charge in [0.25, 0.3) is 0 Å². The highest BCUT2D eigenvalue weighted by Gasteiger charge is 2.62. The van der Waals surface area contributed by atoms with Crippen molar-refractivity contribution in [2.24, 2.45) is 46.3 Å². The second-order valence-electron chi connectivity index (χ2n) is 11.9. The number of ketones is 1. The Bertz CT molecular complexity index is 837. The van der Waals surface area contributed by atoms with Gasteiger partial charge in [-0.15, -0.1) is 0 Å². The fourth-order valence-electron chi connectivity index (χ4n) is 9.15. The van der Waals surface area contributed by atoms with Gasteiger partial charge in [-0.05, 0) is 91.8 Å². The number of hydrogen-bond donors (Lipinski definition) is 0. The van der Waals surface area contributed by atoms with Gasteiger partial charge < -0.3 is 9.47 Å². The second kappa shape index (κ2) is 10.3. The van der Waals surface area contributed by atoms with Crippen LogP contribution in [0.2, 0.25) is 0 Å². The van der Waals surface area contributed by atoms with E-state index in [-0.39, 0.29) is 11.3 Å². The number of aromatic nitrogens is 2. The van der Waals surface area contributed by atoms with E-state index in [1.54, 1.807) is 18.0 Å². The molecule has 0 N–H and O–H groups in total. The number of Topliss-reactive ketones (excluding diaryl/α,β-unsaturated/α-hetero) is 1. The molecule has 4 saturated carbocycles. The highest BCUT2D eigenvalue weighted by molar-refractivity contribution is 5.82. The van der Waals surface area contributed by atoms with Crippen LogP contribution in [-0.4, -0.2) is 36.4 Å². The van der Waals surface area contributed by atoms with Crippen LogP contribution in [0.1, 0.15) is 85.5 Å². The normalized spacial score (nSPS) is 40.9. The van der Waals surface area contributed by atoms with Crippen molar-refractivity contribution in [1.82, 2.24) is 9.78 Å². The lowest BCUT2D eigenvalue weighted by molar-refractivity contribution is -0.154. The summed E-state index contributed by atoms with van der Waals surface area (Å²) in [6, 6.07) is 0. The minimum atomic E-state index is 0.151. The number of hydrogen-bond acceptors (Lipinski definition) is 4. The van der Waals surface area contributed by atoms with E-state index in [9.17, 15) is 4.79 Å². The fraction of sp³-hybridized carbons (Fsp3) is 0.862. The molecule has 0 aromatic carbocycles. The van der Waals surface area contributed by atoms with Crippen LogP contribution in [0.15, 0.2) is 12.4 Å². The van der Waals surface area contributed by atoms with E-state index >= 15 is 0 Å². The molecule has 5 heteroatoms.